The summed E-state index contributed by atoms with van der Waals surface area (Å²) >= 11 is 1.87. The number of thioether (sulfide) groups is 1. The minimum Gasteiger partial charge on any atom is -0.481 e. The summed E-state index contributed by atoms with van der Waals surface area (Å²) in [6.45, 7) is 0. The average molecular weight is 412 g/mol. The van der Waals surface area contributed by atoms with Gasteiger partial charge in [-0.25, -0.2) is 4.79 Å². The zero-order chi connectivity index (χ0) is 20.7. The van der Waals surface area contributed by atoms with Crippen molar-refractivity contribution in [1.29, 1.82) is 0 Å². The Morgan fingerprint density at radius 1 is 1.14 bits per heavy atom. The number of carbonyl (C=O) groups excluding carboxylic acids is 1. The van der Waals surface area contributed by atoms with Crippen LogP contribution in [0.1, 0.15) is 25.7 Å². The number of nitro benzene ring substituents is 2. The first-order chi connectivity index (χ1) is 13.3. The molecule has 0 unspecified atom stereocenters. The number of fused-ring (bicyclic) bond motifs is 1. The molecule has 0 bridgehead atoms. The number of carboxylic acids is 1. The second-order valence-electron chi connectivity index (χ2n) is 6.26. The van der Waals surface area contributed by atoms with Crippen LogP contribution in [-0.4, -0.2) is 50.0 Å². The van der Waals surface area contributed by atoms with Crippen LogP contribution in [0, 0.1) is 20.2 Å². The van der Waals surface area contributed by atoms with E-state index >= 15 is 0 Å². The Hall–Kier alpha value is -2.89. The largest absolute Gasteiger partial charge is 0.481 e. The normalized spacial score (nSPS) is 22.3. The summed E-state index contributed by atoms with van der Waals surface area (Å²) < 4.78 is 0. The quantitative estimate of drug-likeness (QED) is 0.265. The maximum Gasteiger partial charge on any atom is 0.346 e. The first kappa shape index (κ1) is 21.4. The number of unbranched alkanes of at least 4 members (excludes halogenated alkanes) is 1. The molecule has 2 fully saturated rings. The van der Waals surface area contributed by atoms with Crippen molar-refractivity contribution < 1.29 is 24.5 Å². The van der Waals surface area contributed by atoms with Crippen molar-refractivity contribution in [3.05, 3.63) is 44.5 Å². The van der Waals surface area contributed by atoms with Gasteiger partial charge >= 0.3 is 23.4 Å². The molecule has 2 aliphatic rings. The highest BCUT2D eigenvalue weighted by Crippen LogP contribution is 2.33. The first-order valence-electron chi connectivity index (χ1n) is 8.58. The van der Waals surface area contributed by atoms with Gasteiger partial charge in [0.2, 0.25) is 0 Å². The molecule has 2 saturated heterocycles. The Balaban J connectivity index is 0.000000209. The fourth-order valence-electron chi connectivity index (χ4n) is 3.04. The van der Waals surface area contributed by atoms with Crippen LogP contribution in [0.15, 0.2) is 24.3 Å². The van der Waals surface area contributed by atoms with E-state index < -0.39 is 27.2 Å². The summed E-state index contributed by atoms with van der Waals surface area (Å²) in [6.07, 6.45) is 2.88. The fourth-order valence-corrected chi connectivity index (χ4v) is 4.58. The van der Waals surface area contributed by atoms with Gasteiger partial charge in [-0.1, -0.05) is 18.6 Å². The molecule has 0 radical (unpaired) electrons. The molecular weight excluding hydrogens is 392 g/mol. The molecule has 2 heterocycles. The van der Waals surface area contributed by atoms with Crippen LogP contribution >= 0.6 is 11.8 Å². The smallest absolute Gasteiger partial charge is 0.346 e. The van der Waals surface area contributed by atoms with Crippen LogP contribution < -0.4 is 10.6 Å². The number of nitrogens with zero attached hydrogens (tertiary/aromatic N) is 2. The lowest BCUT2D eigenvalue weighted by Crippen LogP contribution is -2.36. The second kappa shape index (κ2) is 9.88. The maximum absolute atomic E-state index is 11.1. The molecule has 1 aromatic rings. The number of nitro groups is 2. The molecule has 2 amide bonds. The number of rotatable bonds is 7. The van der Waals surface area contributed by atoms with Crippen LogP contribution in [0.2, 0.25) is 0 Å². The van der Waals surface area contributed by atoms with Crippen molar-refractivity contribution in [2.45, 2.75) is 43.0 Å². The summed E-state index contributed by atoms with van der Waals surface area (Å²) in [5.74, 6) is 0.236. The molecule has 28 heavy (non-hydrogen) atoms. The molecule has 3 rings (SSSR count). The van der Waals surface area contributed by atoms with E-state index in [0.29, 0.717) is 5.25 Å². The molecule has 0 spiro atoms. The standard InChI is InChI=1S/C10H16N2O3S.C6H4N2O4/c13-8(14)4-2-1-3-7-9-6(5-16-7)11-10(15)12-9;9-7(10)5-3-1-2-4-6(5)8(11)12/h6-7,9H,1-5H2,(H,13,14)(H2,11,12,15);1-4H/t6-,7-,9-;/m1./s1. The van der Waals surface area contributed by atoms with E-state index in [1.165, 1.54) is 12.1 Å². The van der Waals surface area contributed by atoms with Gasteiger partial charge in [-0.05, 0) is 12.8 Å². The molecule has 1 aromatic carbocycles. The van der Waals surface area contributed by atoms with Gasteiger partial charge in [0.05, 0.1) is 21.9 Å². The Labute approximate surface area is 164 Å². The molecular formula is C16H20N4O7S. The van der Waals surface area contributed by atoms with Crippen LogP contribution in [0.25, 0.3) is 0 Å². The van der Waals surface area contributed by atoms with Crippen LogP contribution in [0.5, 0.6) is 0 Å². The van der Waals surface area contributed by atoms with E-state index in [0.717, 1.165) is 37.1 Å². The molecule has 0 aromatic heterocycles. The third-order valence-corrected chi connectivity index (χ3v) is 5.85. The Bertz CT molecular complexity index is 727. The van der Waals surface area contributed by atoms with Crippen LogP contribution in [0.4, 0.5) is 16.2 Å². The average Bonchev–Trinajstić information content (AvgIpc) is 3.18. The van der Waals surface area contributed by atoms with Crippen molar-refractivity contribution in [2.24, 2.45) is 0 Å². The van der Waals surface area contributed by atoms with Crippen molar-refractivity contribution in [3.63, 3.8) is 0 Å². The van der Waals surface area contributed by atoms with E-state index in [2.05, 4.69) is 10.6 Å². The van der Waals surface area contributed by atoms with Gasteiger partial charge in [0.25, 0.3) is 0 Å². The third kappa shape index (κ3) is 5.81. The monoisotopic (exact) mass is 412 g/mol. The molecule has 0 saturated carbocycles. The summed E-state index contributed by atoms with van der Waals surface area (Å²) in [7, 11) is 0. The number of amides is 2. The first-order valence-corrected chi connectivity index (χ1v) is 9.62. The van der Waals surface area contributed by atoms with Crippen molar-refractivity contribution in [2.75, 3.05) is 5.75 Å². The highest BCUT2D eigenvalue weighted by Gasteiger charge is 2.42. The SMILES string of the molecule is O=C(O)CCCC[C@H]1SC[C@H]2NC(=O)N[C@H]21.O=[N+]([O-])c1ccccc1[N+](=O)[O-]. The molecule has 0 aliphatic carbocycles. The van der Waals surface area contributed by atoms with Gasteiger partial charge in [0.15, 0.2) is 0 Å². The Morgan fingerprint density at radius 2 is 1.75 bits per heavy atom. The van der Waals surface area contributed by atoms with Gasteiger partial charge in [0.1, 0.15) is 0 Å². The Morgan fingerprint density at radius 3 is 2.29 bits per heavy atom. The number of carboxylic acid groups (broad SMARTS) is 1. The van der Waals surface area contributed by atoms with E-state index in [-0.39, 0.29) is 24.5 Å². The van der Waals surface area contributed by atoms with E-state index in [9.17, 15) is 29.8 Å². The van der Waals surface area contributed by atoms with E-state index in [4.69, 9.17) is 5.11 Å². The number of aliphatic carboxylic acids is 1. The summed E-state index contributed by atoms with van der Waals surface area (Å²) in [5.41, 5.74) is -0.968. The van der Waals surface area contributed by atoms with Crippen molar-refractivity contribution in [1.82, 2.24) is 10.6 Å². The number of para-hydroxylation sites is 2. The van der Waals surface area contributed by atoms with Crippen molar-refractivity contribution >= 4 is 35.1 Å². The third-order valence-electron chi connectivity index (χ3n) is 4.34. The zero-order valence-electron chi connectivity index (χ0n) is 14.8. The molecule has 3 atom stereocenters. The number of urea groups is 1. The topological polar surface area (TPSA) is 165 Å². The number of carbonyl (C=O) groups is 2. The molecule has 152 valence electrons. The molecule has 3 N–H and O–H groups in total. The number of hydrogen-bond acceptors (Lipinski definition) is 7. The second-order valence-corrected chi connectivity index (χ2v) is 7.54. The molecule has 12 heteroatoms. The van der Waals surface area contributed by atoms with E-state index in [1.54, 1.807) is 0 Å². The van der Waals surface area contributed by atoms with Crippen LogP contribution in [-0.2, 0) is 4.79 Å². The number of nitrogens with one attached hydrogen (secondary N) is 2. The predicted molar refractivity (Wildman–Crippen MR) is 101 cm³/mol. The number of benzene rings is 1. The van der Waals surface area contributed by atoms with Crippen LogP contribution in [0.3, 0.4) is 0 Å². The fraction of sp³-hybridized carbons (Fsp3) is 0.500. The van der Waals surface area contributed by atoms with Gasteiger partial charge in [-0.15, -0.1) is 0 Å². The van der Waals surface area contributed by atoms with Gasteiger partial charge < -0.3 is 15.7 Å². The summed E-state index contributed by atoms with van der Waals surface area (Å²) in [5, 5.41) is 35.2. The van der Waals surface area contributed by atoms with E-state index in [1.807, 2.05) is 11.8 Å². The zero-order valence-corrected chi connectivity index (χ0v) is 15.6. The maximum atomic E-state index is 11.1. The molecule has 11 nitrogen and oxygen atoms in total. The lowest BCUT2D eigenvalue weighted by molar-refractivity contribution is -0.422. The highest BCUT2D eigenvalue weighted by atomic mass is 32.2. The lowest BCUT2D eigenvalue weighted by atomic mass is 10.0. The summed E-state index contributed by atoms with van der Waals surface area (Å²) in [6, 6.07) is 5.39. The lowest BCUT2D eigenvalue weighted by Gasteiger charge is -2.16. The predicted octanol–water partition coefficient (Wildman–Crippen LogP) is 2.30. The van der Waals surface area contributed by atoms with Crippen molar-refractivity contribution in [3.8, 4) is 0 Å². The van der Waals surface area contributed by atoms with Gasteiger partial charge in [-0.3, -0.25) is 25.0 Å². The van der Waals surface area contributed by atoms with Gasteiger partial charge in [0, 0.05) is 29.6 Å². The summed E-state index contributed by atoms with van der Waals surface area (Å²) in [4.78, 5) is 40.4. The number of hydrogen-bond donors (Lipinski definition) is 3. The Kier molecular flexibility index (Phi) is 7.55. The minimum absolute atomic E-state index is 0.0640. The highest BCUT2D eigenvalue weighted by molar-refractivity contribution is 8.00. The minimum atomic E-state index is -0.780. The molecule has 2 aliphatic heterocycles. The van der Waals surface area contributed by atoms with Gasteiger partial charge in [-0.2, -0.15) is 11.8 Å².